The monoisotopic (exact) mass is 286 g/mol. The largest absolute Gasteiger partial charge is 0.391 e. The van der Waals surface area contributed by atoms with Gasteiger partial charge in [0.05, 0.1) is 6.10 Å². The zero-order chi connectivity index (χ0) is 15.5. The summed E-state index contributed by atoms with van der Waals surface area (Å²) in [5.74, 6) is 1.38. The molecule has 0 bridgehead atoms. The van der Waals surface area contributed by atoms with E-state index in [1.165, 1.54) is 0 Å². The summed E-state index contributed by atoms with van der Waals surface area (Å²) in [4.78, 5) is 11.8. The number of carbonyl (C=O) groups excluding carboxylic acids is 1. The molecule has 1 amide bonds. The normalized spacial score (nSPS) is 14.6. The van der Waals surface area contributed by atoms with Crippen molar-refractivity contribution in [3.05, 3.63) is 0 Å². The third-order valence-electron chi connectivity index (χ3n) is 4.32. The van der Waals surface area contributed by atoms with Gasteiger partial charge in [-0.3, -0.25) is 4.79 Å². The fourth-order valence-electron chi connectivity index (χ4n) is 2.65. The molecule has 0 spiro atoms. The number of hydrogen-bond acceptors (Lipinski definition) is 3. The number of nitrogens with one attached hydrogen (secondary N) is 1. The quantitative estimate of drug-likeness (QED) is 0.545. The molecular formula is C16H34N2O2. The Hall–Kier alpha value is -0.610. The molecule has 0 aliphatic rings. The maximum absolute atomic E-state index is 11.8. The van der Waals surface area contributed by atoms with Gasteiger partial charge in [-0.25, -0.2) is 0 Å². The van der Waals surface area contributed by atoms with E-state index >= 15 is 0 Å². The van der Waals surface area contributed by atoms with Crippen LogP contribution in [0.2, 0.25) is 0 Å². The third-order valence-corrected chi connectivity index (χ3v) is 4.32. The Morgan fingerprint density at radius 2 is 1.75 bits per heavy atom. The maximum Gasteiger partial charge on any atom is 0.220 e. The van der Waals surface area contributed by atoms with E-state index in [1.54, 1.807) is 0 Å². The number of rotatable bonds is 11. The summed E-state index contributed by atoms with van der Waals surface area (Å²) in [5.41, 5.74) is 5.60. The number of amides is 1. The minimum atomic E-state index is -0.432. The van der Waals surface area contributed by atoms with Crippen LogP contribution in [0.15, 0.2) is 0 Å². The third kappa shape index (κ3) is 7.85. The Morgan fingerprint density at radius 3 is 2.20 bits per heavy atom. The number of hydrogen-bond donors (Lipinski definition) is 3. The second kappa shape index (κ2) is 11.1. The van der Waals surface area contributed by atoms with Crippen LogP contribution in [0.4, 0.5) is 0 Å². The summed E-state index contributed by atoms with van der Waals surface area (Å²) >= 11 is 0. The Bertz CT molecular complexity index is 253. The van der Waals surface area contributed by atoms with Gasteiger partial charge in [0.15, 0.2) is 0 Å². The molecule has 0 aromatic carbocycles. The molecule has 20 heavy (non-hydrogen) atoms. The molecule has 120 valence electrons. The molecule has 0 rings (SSSR count). The SMILES string of the molecule is CCC(CC)C(O)CNC(=O)CCC(CCN)C(C)C. The van der Waals surface area contributed by atoms with Gasteiger partial charge in [-0.1, -0.05) is 40.5 Å². The first kappa shape index (κ1) is 19.4. The predicted molar refractivity (Wildman–Crippen MR) is 84.3 cm³/mol. The fraction of sp³-hybridized carbons (Fsp3) is 0.938. The Morgan fingerprint density at radius 1 is 1.15 bits per heavy atom. The summed E-state index contributed by atoms with van der Waals surface area (Å²) in [6.07, 6.45) is 3.83. The van der Waals surface area contributed by atoms with Crippen molar-refractivity contribution in [1.29, 1.82) is 0 Å². The van der Waals surface area contributed by atoms with Gasteiger partial charge < -0.3 is 16.2 Å². The zero-order valence-corrected chi connectivity index (χ0v) is 13.7. The molecule has 0 aromatic heterocycles. The van der Waals surface area contributed by atoms with Crippen molar-refractivity contribution in [2.75, 3.05) is 13.1 Å². The molecule has 0 radical (unpaired) electrons. The highest BCUT2D eigenvalue weighted by molar-refractivity contribution is 5.75. The summed E-state index contributed by atoms with van der Waals surface area (Å²) in [6.45, 7) is 9.54. The standard InChI is InChI=1S/C16H34N2O2/c1-5-13(6-2)15(19)11-18-16(20)8-7-14(9-10-17)12(3)4/h12-15,19H,5-11,17H2,1-4H3,(H,18,20). The van der Waals surface area contributed by atoms with Crippen molar-refractivity contribution in [1.82, 2.24) is 5.32 Å². The number of aliphatic hydroxyl groups excluding tert-OH is 1. The molecule has 0 fully saturated rings. The van der Waals surface area contributed by atoms with Crippen molar-refractivity contribution in [2.45, 2.75) is 65.9 Å². The zero-order valence-electron chi connectivity index (χ0n) is 13.7. The van der Waals surface area contributed by atoms with Crippen LogP contribution in [0.25, 0.3) is 0 Å². The van der Waals surface area contributed by atoms with Gasteiger partial charge in [-0.05, 0) is 37.1 Å². The van der Waals surface area contributed by atoms with Crippen LogP contribution in [0.5, 0.6) is 0 Å². The predicted octanol–water partition coefficient (Wildman–Crippen LogP) is 2.30. The van der Waals surface area contributed by atoms with Crippen LogP contribution in [0, 0.1) is 17.8 Å². The van der Waals surface area contributed by atoms with E-state index in [9.17, 15) is 9.90 Å². The van der Waals surface area contributed by atoms with Crippen LogP contribution in [-0.2, 0) is 4.79 Å². The summed E-state index contributed by atoms with van der Waals surface area (Å²) in [5, 5.41) is 12.8. The lowest BCUT2D eigenvalue weighted by Crippen LogP contribution is -2.36. The van der Waals surface area contributed by atoms with Crippen LogP contribution < -0.4 is 11.1 Å². The van der Waals surface area contributed by atoms with E-state index in [0.29, 0.717) is 31.3 Å². The van der Waals surface area contributed by atoms with Gasteiger partial charge in [-0.2, -0.15) is 0 Å². The average Bonchev–Trinajstić information content (AvgIpc) is 2.42. The average molecular weight is 286 g/mol. The van der Waals surface area contributed by atoms with E-state index in [2.05, 4.69) is 33.0 Å². The minimum Gasteiger partial charge on any atom is -0.391 e. The minimum absolute atomic E-state index is 0.0395. The molecule has 2 atom stereocenters. The molecule has 0 heterocycles. The van der Waals surface area contributed by atoms with Crippen LogP contribution in [0.1, 0.15) is 59.8 Å². The maximum atomic E-state index is 11.8. The highest BCUT2D eigenvalue weighted by atomic mass is 16.3. The van der Waals surface area contributed by atoms with Crippen LogP contribution in [-0.4, -0.2) is 30.2 Å². The van der Waals surface area contributed by atoms with E-state index in [0.717, 1.165) is 25.7 Å². The molecule has 0 aliphatic heterocycles. The smallest absolute Gasteiger partial charge is 0.220 e. The van der Waals surface area contributed by atoms with Crippen LogP contribution >= 0.6 is 0 Å². The van der Waals surface area contributed by atoms with Gasteiger partial charge >= 0.3 is 0 Å². The van der Waals surface area contributed by atoms with Crippen molar-refractivity contribution >= 4 is 5.91 Å². The van der Waals surface area contributed by atoms with Gasteiger partial charge in [0.1, 0.15) is 0 Å². The van der Waals surface area contributed by atoms with Crippen molar-refractivity contribution in [2.24, 2.45) is 23.5 Å². The van der Waals surface area contributed by atoms with Crippen molar-refractivity contribution in [3.8, 4) is 0 Å². The van der Waals surface area contributed by atoms with Crippen molar-refractivity contribution in [3.63, 3.8) is 0 Å². The molecule has 0 aromatic rings. The van der Waals surface area contributed by atoms with E-state index in [4.69, 9.17) is 5.73 Å². The molecule has 2 unspecified atom stereocenters. The van der Waals surface area contributed by atoms with Gasteiger partial charge in [0, 0.05) is 13.0 Å². The summed E-state index contributed by atoms with van der Waals surface area (Å²) in [6, 6.07) is 0. The fourth-order valence-corrected chi connectivity index (χ4v) is 2.65. The summed E-state index contributed by atoms with van der Waals surface area (Å²) < 4.78 is 0. The number of aliphatic hydroxyl groups is 1. The molecule has 0 saturated carbocycles. The first-order chi connectivity index (χ1) is 9.46. The molecule has 4 heteroatoms. The lowest BCUT2D eigenvalue weighted by molar-refractivity contribution is -0.122. The lowest BCUT2D eigenvalue weighted by atomic mass is 9.88. The highest BCUT2D eigenvalue weighted by Crippen LogP contribution is 2.20. The number of carbonyl (C=O) groups is 1. The molecule has 4 N–H and O–H groups in total. The van der Waals surface area contributed by atoms with Gasteiger partial charge in [0.2, 0.25) is 5.91 Å². The second-order valence-corrected chi connectivity index (χ2v) is 6.07. The lowest BCUT2D eigenvalue weighted by Gasteiger charge is -2.22. The van der Waals surface area contributed by atoms with Gasteiger partial charge in [-0.15, -0.1) is 0 Å². The highest BCUT2D eigenvalue weighted by Gasteiger charge is 2.17. The van der Waals surface area contributed by atoms with Gasteiger partial charge in [0.25, 0.3) is 0 Å². The molecule has 4 nitrogen and oxygen atoms in total. The number of nitrogens with two attached hydrogens (primary N) is 1. The molecule has 0 aliphatic carbocycles. The van der Waals surface area contributed by atoms with E-state index in [1.807, 2.05) is 0 Å². The van der Waals surface area contributed by atoms with E-state index < -0.39 is 6.10 Å². The molecular weight excluding hydrogens is 252 g/mol. The first-order valence-corrected chi connectivity index (χ1v) is 8.10. The Kier molecular flexibility index (Phi) is 10.8. The summed E-state index contributed by atoms with van der Waals surface area (Å²) in [7, 11) is 0. The van der Waals surface area contributed by atoms with Crippen LogP contribution in [0.3, 0.4) is 0 Å². The Labute approximate surface area is 124 Å². The Balaban J connectivity index is 3.98. The van der Waals surface area contributed by atoms with E-state index in [-0.39, 0.29) is 11.8 Å². The first-order valence-electron chi connectivity index (χ1n) is 8.10. The second-order valence-electron chi connectivity index (χ2n) is 6.07. The van der Waals surface area contributed by atoms with Crippen molar-refractivity contribution < 1.29 is 9.90 Å². The molecule has 0 saturated heterocycles. The topological polar surface area (TPSA) is 75.3 Å².